The van der Waals surface area contributed by atoms with E-state index in [-0.39, 0.29) is 0 Å². The normalized spacial score (nSPS) is 10.9. The second kappa shape index (κ2) is 5.27. The van der Waals surface area contributed by atoms with E-state index in [4.69, 9.17) is 5.73 Å². The molecule has 0 spiro atoms. The summed E-state index contributed by atoms with van der Waals surface area (Å²) in [6.07, 6.45) is 6.39. The highest BCUT2D eigenvalue weighted by molar-refractivity contribution is 7.09. The van der Waals surface area contributed by atoms with Crippen LogP contribution in [0.5, 0.6) is 0 Å². The fraction of sp³-hybridized carbons (Fsp3) is 0.417. The summed E-state index contributed by atoms with van der Waals surface area (Å²) >= 11 is 1.76. The Balaban J connectivity index is 2.02. The average molecular weight is 235 g/mol. The van der Waals surface area contributed by atoms with Crippen LogP contribution in [0.1, 0.15) is 29.6 Å². The van der Waals surface area contributed by atoms with Gasteiger partial charge >= 0.3 is 0 Å². The summed E-state index contributed by atoms with van der Waals surface area (Å²) in [6.45, 7) is 3.63. The Morgan fingerprint density at radius 2 is 2.38 bits per heavy atom. The number of nitrogens with two attached hydrogens (primary N) is 1. The average Bonchev–Trinajstić information content (AvgIpc) is 2.89. The molecule has 0 aliphatic carbocycles. The van der Waals surface area contributed by atoms with Gasteiger partial charge in [0.2, 0.25) is 0 Å². The zero-order chi connectivity index (χ0) is 11.4. The van der Waals surface area contributed by atoms with E-state index in [1.165, 1.54) is 10.6 Å². The lowest BCUT2D eigenvalue weighted by atomic mass is 10.3. The van der Waals surface area contributed by atoms with Gasteiger partial charge in [0.25, 0.3) is 0 Å². The van der Waals surface area contributed by atoms with Crippen LogP contribution in [0.3, 0.4) is 0 Å². The third-order valence-corrected chi connectivity index (χ3v) is 3.41. The molecule has 86 valence electrons. The van der Waals surface area contributed by atoms with Crippen LogP contribution >= 0.6 is 11.3 Å². The van der Waals surface area contributed by atoms with Crippen molar-refractivity contribution in [3.8, 4) is 0 Å². The van der Waals surface area contributed by atoms with Gasteiger partial charge in [0.05, 0.1) is 17.2 Å². The molecule has 2 aromatic rings. The predicted octanol–water partition coefficient (Wildman–Crippen LogP) is 2.40. The summed E-state index contributed by atoms with van der Waals surface area (Å²) in [7, 11) is 0. The predicted molar refractivity (Wildman–Crippen MR) is 67.5 cm³/mol. The molecule has 16 heavy (non-hydrogen) atoms. The SMILES string of the molecule is CCCc1nc(Cn2ccc(CN)c2)cs1. The van der Waals surface area contributed by atoms with Gasteiger partial charge in [-0.15, -0.1) is 11.3 Å². The molecule has 0 unspecified atom stereocenters. The maximum Gasteiger partial charge on any atom is 0.0928 e. The Kier molecular flexibility index (Phi) is 3.74. The van der Waals surface area contributed by atoms with Gasteiger partial charge in [-0.1, -0.05) is 6.92 Å². The van der Waals surface area contributed by atoms with Gasteiger partial charge < -0.3 is 10.3 Å². The minimum absolute atomic E-state index is 0.602. The first-order valence-electron chi connectivity index (χ1n) is 5.60. The molecule has 0 aromatic carbocycles. The van der Waals surface area contributed by atoms with Crippen molar-refractivity contribution in [2.75, 3.05) is 0 Å². The maximum atomic E-state index is 5.57. The van der Waals surface area contributed by atoms with E-state index in [2.05, 4.69) is 40.3 Å². The Hall–Kier alpha value is -1.13. The number of hydrogen-bond acceptors (Lipinski definition) is 3. The molecule has 0 fully saturated rings. The summed E-state index contributed by atoms with van der Waals surface area (Å²) < 4.78 is 2.13. The fourth-order valence-corrected chi connectivity index (χ4v) is 2.54. The summed E-state index contributed by atoms with van der Waals surface area (Å²) in [4.78, 5) is 4.60. The molecule has 0 saturated heterocycles. The maximum absolute atomic E-state index is 5.57. The van der Waals surface area contributed by atoms with Crippen molar-refractivity contribution >= 4 is 11.3 Å². The third kappa shape index (κ3) is 2.71. The van der Waals surface area contributed by atoms with E-state index in [1.807, 2.05) is 0 Å². The molecule has 0 aliphatic rings. The Morgan fingerprint density at radius 3 is 3.06 bits per heavy atom. The van der Waals surface area contributed by atoms with Crippen molar-refractivity contribution in [2.24, 2.45) is 5.73 Å². The molecule has 2 rings (SSSR count). The van der Waals surface area contributed by atoms with Crippen LogP contribution in [0, 0.1) is 0 Å². The standard InChI is InChI=1S/C12H17N3S/c1-2-3-12-14-11(9-16-12)8-15-5-4-10(6-13)7-15/h4-5,7,9H,2-3,6,8,13H2,1H3. The summed E-state index contributed by atoms with van der Waals surface area (Å²) in [6, 6.07) is 2.05. The second-order valence-electron chi connectivity index (χ2n) is 3.88. The van der Waals surface area contributed by atoms with Crippen molar-refractivity contribution in [1.29, 1.82) is 0 Å². The molecular weight excluding hydrogens is 218 g/mol. The lowest BCUT2D eigenvalue weighted by molar-refractivity contribution is 0.774. The first kappa shape index (κ1) is 11.4. The lowest BCUT2D eigenvalue weighted by Crippen LogP contribution is -1.98. The van der Waals surface area contributed by atoms with Crippen LogP contribution in [0.15, 0.2) is 23.8 Å². The van der Waals surface area contributed by atoms with Gasteiger partial charge in [-0.3, -0.25) is 0 Å². The highest BCUT2D eigenvalue weighted by atomic mass is 32.1. The fourth-order valence-electron chi connectivity index (χ4n) is 1.65. The van der Waals surface area contributed by atoms with E-state index < -0.39 is 0 Å². The van der Waals surface area contributed by atoms with Gasteiger partial charge in [0.15, 0.2) is 0 Å². The van der Waals surface area contributed by atoms with Crippen molar-refractivity contribution in [2.45, 2.75) is 32.9 Å². The van der Waals surface area contributed by atoms with Gasteiger partial charge in [-0.25, -0.2) is 4.98 Å². The highest BCUT2D eigenvalue weighted by Crippen LogP contribution is 2.13. The van der Waals surface area contributed by atoms with Crippen LogP contribution in [-0.4, -0.2) is 9.55 Å². The smallest absolute Gasteiger partial charge is 0.0928 e. The number of nitrogens with zero attached hydrogens (tertiary/aromatic N) is 2. The largest absolute Gasteiger partial charge is 0.348 e. The Morgan fingerprint density at radius 1 is 1.50 bits per heavy atom. The van der Waals surface area contributed by atoms with E-state index >= 15 is 0 Å². The second-order valence-corrected chi connectivity index (χ2v) is 4.82. The van der Waals surface area contributed by atoms with Crippen molar-refractivity contribution < 1.29 is 0 Å². The molecule has 2 N–H and O–H groups in total. The van der Waals surface area contributed by atoms with Crippen LogP contribution in [0.2, 0.25) is 0 Å². The first-order valence-corrected chi connectivity index (χ1v) is 6.47. The molecule has 0 amide bonds. The summed E-state index contributed by atoms with van der Waals surface area (Å²) in [5.74, 6) is 0. The molecule has 2 heterocycles. The Bertz CT molecular complexity index is 445. The van der Waals surface area contributed by atoms with Gasteiger partial charge in [-0.2, -0.15) is 0 Å². The molecule has 0 aliphatic heterocycles. The van der Waals surface area contributed by atoms with Gasteiger partial charge in [-0.05, 0) is 24.5 Å². The summed E-state index contributed by atoms with van der Waals surface area (Å²) in [5, 5.41) is 3.39. The van der Waals surface area contributed by atoms with Crippen molar-refractivity contribution in [1.82, 2.24) is 9.55 Å². The minimum Gasteiger partial charge on any atom is -0.348 e. The van der Waals surface area contributed by atoms with Gasteiger partial charge in [0.1, 0.15) is 0 Å². The molecule has 0 saturated carbocycles. The molecule has 0 radical (unpaired) electrons. The zero-order valence-electron chi connectivity index (χ0n) is 9.52. The van der Waals surface area contributed by atoms with E-state index in [0.29, 0.717) is 6.54 Å². The number of hydrogen-bond donors (Lipinski definition) is 1. The first-order chi connectivity index (χ1) is 7.81. The van der Waals surface area contributed by atoms with Crippen LogP contribution in [0.25, 0.3) is 0 Å². The number of aryl methyl sites for hydroxylation is 1. The van der Waals surface area contributed by atoms with Crippen LogP contribution < -0.4 is 5.73 Å². The zero-order valence-corrected chi connectivity index (χ0v) is 10.3. The van der Waals surface area contributed by atoms with Crippen LogP contribution in [0.4, 0.5) is 0 Å². The third-order valence-electron chi connectivity index (χ3n) is 2.46. The summed E-state index contributed by atoms with van der Waals surface area (Å²) in [5.41, 5.74) is 7.89. The van der Waals surface area contributed by atoms with Gasteiger partial charge in [0, 0.05) is 24.3 Å². The monoisotopic (exact) mass is 235 g/mol. The molecule has 3 nitrogen and oxygen atoms in total. The number of aromatic nitrogens is 2. The van der Waals surface area contributed by atoms with E-state index in [9.17, 15) is 0 Å². The highest BCUT2D eigenvalue weighted by Gasteiger charge is 2.02. The molecular formula is C12H17N3S. The van der Waals surface area contributed by atoms with E-state index in [1.54, 1.807) is 11.3 Å². The molecule has 4 heteroatoms. The number of thiazole rings is 1. The quantitative estimate of drug-likeness (QED) is 0.865. The van der Waals surface area contributed by atoms with E-state index in [0.717, 1.165) is 25.1 Å². The molecule has 2 aromatic heterocycles. The van der Waals surface area contributed by atoms with Crippen molar-refractivity contribution in [3.63, 3.8) is 0 Å². The van der Waals surface area contributed by atoms with Crippen LogP contribution in [-0.2, 0) is 19.5 Å². The topological polar surface area (TPSA) is 43.8 Å². The minimum atomic E-state index is 0.602. The lowest BCUT2D eigenvalue weighted by Gasteiger charge is -1.98. The number of rotatable bonds is 5. The molecule has 0 atom stereocenters. The van der Waals surface area contributed by atoms with Crippen molar-refractivity contribution in [3.05, 3.63) is 40.1 Å². The Labute approximate surface area is 99.9 Å². The molecule has 0 bridgehead atoms.